The van der Waals surface area contributed by atoms with Gasteiger partial charge in [-0.3, -0.25) is 14.4 Å². The predicted octanol–water partition coefficient (Wildman–Crippen LogP) is 1.14. The first-order chi connectivity index (χ1) is 10.6. The first-order valence-electron chi connectivity index (χ1n) is 8.03. The largest absolute Gasteiger partial charge is 0.340 e. The maximum Gasteiger partial charge on any atom is 0.227 e. The number of hydrogen-bond acceptors (Lipinski definition) is 4. The van der Waals surface area contributed by atoms with Crippen LogP contribution in [0.15, 0.2) is 6.20 Å². The van der Waals surface area contributed by atoms with E-state index in [2.05, 4.69) is 15.3 Å². The minimum absolute atomic E-state index is 0. The zero-order valence-electron chi connectivity index (χ0n) is 13.5. The van der Waals surface area contributed by atoms with Gasteiger partial charge in [-0.2, -0.15) is 5.10 Å². The van der Waals surface area contributed by atoms with Crippen molar-refractivity contribution in [1.82, 2.24) is 24.9 Å². The summed E-state index contributed by atoms with van der Waals surface area (Å²) < 4.78 is 1.82. The van der Waals surface area contributed by atoms with E-state index in [1.165, 1.54) is 0 Å². The molecule has 1 atom stereocenters. The number of nitrogens with zero attached hydrogens (tertiary/aromatic N) is 4. The van der Waals surface area contributed by atoms with Gasteiger partial charge in [0.25, 0.3) is 0 Å². The summed E-state index contributed by atoms with van der Waals surface area (Å²) in [6.45, 7) is 6.10. The van der Waals surface area contributed by atoms with Gasteiger partial charge in [0.15, 0.2) is 0 Å². The molecular formula is C15H25Cl2N5O. The fraction of sp³-hybridized carbons (Fsp3) is 0.733. The third kappa shape index (κ3) is 4.38. The smallest absolute Gasteiger partial charge is 0.227 e. The van der Waals surface area contributed by atoms with Gasteiger partial charge >= 0.3 is 0 Å². The molecule has 1 aromatic rings. The van der Waals surface area contributed by atoms with Gasteiger partial charge < -0.3 is 10.2 Å². The molecule has 8 heteroatoms. The van der Waals surface area contributed by atoms with Gasteiger partial charge in [0.2, 0.25) is 5.91 Å². The van der Waals surface area contributed by atoms with Crippen molar-refractivity contribution in [2.45, 2.75) is 19.4 Å². The molecule has 3 heterocycles. The van der Waals surface area contributed by atoms with Crippen molar-refractivity contribution in [3.63, 3.8) is 0 Å². The molecule has 0 bridgehead atoms. The highest BCUT2D eigenvalue weighted by Gasteiger charge is 2.30. The second-order valence-electron chi connectivity index (χ2n) is 6.21. The zero-order chi connectivity index (χ0) is 15.5. The van der Waals surface area contributed by atoms with Gasteiger partial charge in [0, 0.05) is 46.3 Å². The second-order valence-corrected chi connectivity index (χ2v) is 6.62. The van der Waals surface area contributed by atoms with Gasteiger partial charge in [-0.05, 0) is 19.4 Å². The summed E-state index contributed by atoms with van der Waals surface area (Å²) in [6, 6.07) is 0. The van der Waals surface area contributed by atoms with Gasteiger partial charge in [-0.25, -0.2) is 0 Å². The Morgan fingerprint density at radius 1 is 1.39 bits per heavy atom. The van der Waals surface area contributed by atoms with E-state index in [4.69, 9.17) is 11.6 Å². The van der Waals surface area contributed by atoms with Crippen molar-refractivity contribution in [1.29, 1.82) is 0 Å². The highest BCUT2D eigenvalue weighted by Crippen LogP contribution is 2.23. The van der Waals surface area contributed by atoms with Crippen LogP contribution in [0.1, 0.15) is 18.5 Å². The summed E-state index contributed by atoms with van der Waals surface area (Å²) in [7, 11) is 1.91. The van der Waals surface area contributed by atoms with E-state index in [0.29, 0.717) is 10.9 Å². The molecule has 6 nitrogen and oxygen atoms in total. The van der Waals surface area contributed by atoms with Crippen LogP contribution < -0.4 is 5.32 Å². The van der Waals surface area contributed by atoms with Crippen LogP contribution in [0.25, 0.3) is 0 Å². The van der Waals surface area contributed by atoms with E-state index >= 15 is 0 Å². The summed E-state index contributed by atoms with van der Waals surface area (Å²) in [5, 5.41) is 8.19. The molecular weight excluding hydrogens is 337 g/mol. The summed E-state index contributed by atoms with van der Waals surface area (Å²) >= 11 is 6.19. The molecule has 2 saturated heterocycles. The zero-order valence-corrected chi connectivity index (χ0v) is 15.1. The van der Waals surface area contributed by atoms with E-state index < -0.39 is 0 Å². The Labute approximate surface area is 148 Å². The number of nitrogens with one attached hydrogen (secondary N) is 1. The maximum atomic E-state index is 12.7. The molecule has 1 amide bonds. The van der Waals surface area contributed by atoms with Crippen molar-refractivity contribution in [2.75, 3.05) is 39.3 Å². The molecule has 0 aromatic carbocycles. The summed E-state index contributed by atoms with van der Waals surface area (Å²) in [4.78, 5) is 17.0. The fourth-order valence-electron chi connectivity index (χ4n) is 3.37. The lowest BCUT2D eigenvalue weighted by molar-refractivity contribution is -0.138. The third-order valence-corrected chi connectivity index (χ3v) is 4.98. The molecule has 130 valence electrons. The molecule has 2 fully saturated rings. The Morgan fingerprint density at radius 2 is 2.13 bits per heavy atom. The summed E-state index contributed by atoms with van der Waals surface area (Å²) in [5.74, 6) is 0.446. The fourth-order valence-corrected chi connectivity index (χ4v) is 3.60. The monoisotopic (exact) mass is 361 g/mol. The molecule has 0 saturated carbocycles. The molecule has 23 heavy (non-hydrogen) atoms. The van der Waals surface area contributed by atoms with Crippen LogP contribution in [0, 0.1) is 5.92 Å². The Bertz CT molecular complexity index is 510. The number of piperazine rings is 1. The molecule has 1 aromatic heterocycles. The van der Waals surface area contributed by atoms with Gasteiger partial charge in [0.1, 0.15) is 0 Å². The Hall–Kier alpha value is -0.820. The Balaban J connectivity index is 0.00000192. The average Bonchev–Trinajstić information content (AvgIpc) is 2.87. The second kappa shape index (κ2) is 8.33. The SMILES string of the molecule is Cl.Cn1ncc(Cl)c1CN1CCCC(C(=O)N2CCNCC2)C1. The van der Waals surface area contributed by atoms with Crippen molar-refractivity contribution >= 4 is 29.9 Å². The first-order valence-corrected chi connectivity index (χ1v) is 8.41. The molecule has 0 spiro atoms. The standard InChI is InChI=1S/C15H24ClN5O.ClH/c1-19-14(13(16)9-18-19)11-20-6-2-3-12(10-20)15(22)21-7-4-17-5-8-21;/h9,12,17H,2-8,10-11H2,1H3;1H. The van der Waals surface area contributed by atoms with Crippen LogP contribution in [-0.2, 0) is 18.4 Å². The van der Waals surface area contributed by atoms with Crippen LogP contribution in [0.5, 0.6) is 0 Å². The van der Waals surface area contributed by atoms with Gasteiger partial charge in [-0.1, -0.05) is 11.6 Å². The maximum absolute atomic E-state index is 12.7. The number of likely N-dealkylation sites (tertiary alicyclic amines) is 1. The number of hydrogen-bond donors (Lipinski definition) is 1. The number of carbonyl (C=O) groups excluding carboxylic acids is 1. The summed E-state index contributed by atoms with van der Waals surface area (Å²) in [6.07, 6.45) is 3.75. The summed E-state index contributed by atoms with van der Waals surface area (Å²) in [5.41, 5.74) is 1.02. The predicted molar refractivity (Wildman–Crippen MR) is 92.9 cm³/mol. The molecule has 3 rings (SSSR count). The topological polar surface area (TPSA) is 53.4 Å². The van der Waals surface area contributed by atoms with Crippen LogP contribution in [0.3, 0.4) is 0 Å². The van der Waals surface area contributed by atoms with Crippen molar-refractivity contribution in [3.8, 4) is 0 Å². The van der Waals surface area contributed by atoms with E-state index in [-0.39, 0.29) is 18.3 Å². The number of aryl methyl sites for hydroxylation is 1. The number of aromatic nitrogens is 2. The quantitative estimate of drug-likeness (QED) is 0.876. The normalized spacial score (nSPS) is 22.7. The van der Waals surface area contributed by atoms with E-state index in [9.17, 15) is 4.79 Å². The van der Waals surface area contributed by atoms with Crippen LogP contribution >= 0.6 is 24.0 Å². The van der Waals surface area contributed by atoms with E-state index in [0.717, 1.165) is 64.3 Å². The van der Waals surface area contributed by atoms with Gasteiger partial charge in [0.05, 0.1) is 22.8 Å². The number of carbonyl (C=O) groups is 1. The molecule has 0 radical (unpaired) electrons. The molecule has 0 aliphatic carbocycles. The lowest BCUT2D eigenvalue weighted by atomic mass is 9.96. The molecule has 2 aliphatic heterocycles. The minimum Gasteiger partial charge on any atom is -0.340 e. The Kier molecular flexibility index (Phi) is 6.71. The number of rotatable bonds is 3. The van der Waals surface area contributed by atoms with E-state index in [1.54, 1.807) is 6.20 Å². The molecule has 2 aliphatic rings. The van der Waals surface area contributed by atoms with Crippen LogP contribution in [0.4, 0.5) is 0 Å². The minimum atomic E-state index is 0. The number of halogens is 2. The van der Waals surface area contributed by atoms with Crippen molar-refractivity contribution in [2.24, 2.45) is 13.0 Å². The van der Waals surface area contributed by atoms with Gasteiger partial charge in [-0.15, -0.1) is 12.4 Å². The first kappa shape index (κ1) is 18.5. The highest BCUT2D eigenvalue weighted by atomic mass is 35.5. The Morgan fingerprint density at radius 3 is 2.78 bits per heavy atom. The van der Waals surface area contributed by atoms with Crippen molar-refractivity contribution < 1.29 is 4.79 Å². The lowest BCUT2D eigenvalue weighted by Crippen LogP contribution is -2.51. The number of piperidine rings is 1. The third-order valence-electron chi connectivity index (χ3n) is 4.67. The number of amides is 1. The highest BCUT2D eigenvalue weighted by molar-refractivity contribution is 6.31. The lowest BCUT2D eigenvalue weighted by Gasteiger charge is -2.36. The van der Waals surface area contributed by atoms with Crippen LogP contribution in [0.2, 0.25) is 5.02 Å². The average molecular weight is 362 g/mol. The molecule has 1 N–H and O–H groups in total. The van der Waals surface area contributed by atoms with Crippen molar-refractivity contribution in [3.05, 3.63) is 16.9 Å². The van der Waals surface area contributed by atoms with Crippen LogP contribution in [-0.4, -0.2) is 64.8 Å². The molecule has 1 unspecified atom stereocenters. The van der Waals surface area contributed by atoms with E-state index in [1.807, 2.05) is 16.6 Å².